The van der Waals surface area contributed by atoms with Gasteiger partial charge in [-0.25, -0.2) is 0 Å². The molecule has 1 aromatic heterocycles. The molecule has 0 aliphatic carbocycles. The Balaban J connectivity index is 2.36. The summed E-state index contributed by atoms with van der Waals surface area (Å²) in [7, 11) is 0. The van der Waals surface area contributed by atoms with Gasteiger partial charge in [0, 0.05) is 4.47 Å². The minimum absolute atomic E-state index is 0.728. The second kappa shape index (κ2) is 4.62. The van der Waals surface area contributed by atoms with Gasteiger partial charge in [-0.3, -0.25) is 4.57 Å². The van der Waals surface area contributed by atoms with Gasteiger partial charge < -0.3 is 4.98 Å². The van der Waals surface area contributed by atoms with Crippen LogP contribution in [-0.4, -0.2) is 9.55 Å². The Morgan fingerprint density at radius 2 is 1.89 bits per heavy atom. The molecule has 0 saturated carbocycles. The first-order chi connectivity index (χ1) is 9.06. The summed E-state index contributed by atoms with van der Waals surface area (Å²) >= 11 is 8.96. The number of benzene rings is 2. The van der Waals surface area contributed by atoms with Crippen molar-refractivity contribution in [1.82, 2.24) is 9.55 Å². The summed E-state index contributed by atoms with van der Waals surface area (Å²) in [5.74, 6) is 0. The molecule has 0 spiro atoms. The minimum atomic E-state index is 0.728. The van der Waals surface area contributed by atoms with Gasteiger partial charge in [-0.2, -0.15) is 0 Å². The van der Waals surface area contributed by atoms with E-state index in [4.69, 9.17) is 12.2 Å². The first kappa shape index (κ1) is 12.6. The second-order valence-electron chi connectivity index (χ2n) is 4.72. The predicted octanol–water partition coefficient (Wildman–Crippen LogP) is 5.07. The van der Waals surface area contributed by atoms with E-state index in [2.05, 4.69) is 69.7 Å². The van der Waals surface area contributed by atoms with Crippen LogP contribution in [0.1, 0.15) is 11.1 Å². The third-order valence-electron chi connectivity index (χ3n) is 3.24. The van der Waals surface area contributed by atoms with Crippen LogP contribution in [0.4, 0.5) is 0 Å². The molecule has 0 atom stereocenters. The maximum absolute atomic E-state index is 5.47. The maximum atomic E-state index is 5.47. The summed E-state index contributed by atoms with van der Waals surface area (Å²) in [4.78, 5) is 3.27. The van der Waals surface area contributed by atoms with E-state index in [1.54, 1.807) is 0 Å². The molecule has 0 amide bonds. The quantitative estimate of drug-likeness (QED) is 0.617. The van der Waals surface area contributed by atoms with Crippen molar-refractivity contribution in [3.8, 4) is 5.69 Å². The number of aromatic amines is 1. The Labute approximate surface area is 125 Å². The fourth-order valence-electron chi connectivity index (χ4n) is 2.33. The molecule has 0 radical (unpaired) electrons. The van der Waals surface area contributed by atoms with Crippen molar-refractivity contribution in [3.63, 3.8) is 0 Å². The largest absolute Gasteiger partial charge is 0.330 e. The van der Waals surface area contributed by atoms with Crippen molar-refractivity contribution < 1.29 is 0 Å². The fraction of sp³-hybridized carbons (Fsp3) is 0.133. The summed E-state index contributed by atoms with van der Waals surface area (Å²) < 4.78 is 3.90. The van der Waals surface area contributed by atoms with Gasteiger partial charge in [-0.1, -0.05) is 22.0 Å². The number of nitrogens with zero attached hydrogens (tertiary/aromatic N) is 1. The summed E-state index contributed by atoms with van der Waals surface area (Å²) in [5.41, 5.74) is 5.71. The van der Waals surface area contributed by atoms with E-state index in [1.807, 2.05) is 6.07 Å². The van der Waals surface area contributed by atoms with Gasteiger partial charge in [0.2, 0.25) is 0 Å². The lowest BCUT2D eigenvalue weighted by molar-refractivity contribution is 1.05. The molecular weight excluding hydrogens is 320 g/mol. The van der Waals surface area contributed by atoms with E-state index >= 15 is 0 Å². The van der Waals surface area contributed by atoms with Gasteiger partial charge >= 0.3 is 0 Å². The molecule has 1 heterocycles. The van der Waals surface area contributed by atoms with Crippen LogP contribution in [0.2, 0.25) is 0 Å². The highest BCUT2D eigenvalue weighted by Crippen LogP contribution is 2.24. The third-order valence-corrected chi connectivity index (χ3v) is 4.02. The fourth-order valence-corrected chi connectivity index (χ4v) is 3.12. The van der Waals surface area contributed by atoms with Gasteiger partial charge in [0.15, 0.2) is 4.77 Å². The van der Waals surface area contributed by atoms with Crippen LogP contribution in [0, 0.1) is 18.6 Å². The molecule has 1 N–H and O–H groups in total. The normalized spacial score (nSPS) is 11.1. The zero-order chi connectivity index (χ0) is 13.6. The van der Waals surface area contributed by atoms with E-state index < -0.39 is 0 Å². The van der Waals surface area contributed by atoms with Crippen LogP contribution in [0.5, 0.6) is 0 Å². The highest BCUT2D eigenvalue weighted by atomic mass is 79.9. The van der Waals surface area contributed by atoms with E-state index in [0.717, 1.165) is 26.0 Å². The smallest absolute Gasteiger partial charge is 0.182 e. The van der Waals surface area contributed by atoms with Crippen LogP contribution >= 0.6 is 28.1 Å². The molecule has 0 aliphatic rings. The Morgan fingerprint density at radius 1 is 1.11 bits per heavy atom. The number of fused-ring (bicyclic) bond motifs is 1. The van der Waals surface area contributed by atoms with Crippen LogP contribution < -0.4 is 0 Å². The molecule has 0 unspecified atom stereocenters. The van der Waals surface area contributed by atoms with Gasteiger partial charge in [-0.15, -0.1) is 0 Å². The predicted molar refractivity (Wildman–Crippen MR) is 85.6 cm³/mol. The maximum Gasteiger partial charge on any atom is 0.182 e. The molecule has 3 aromatic rings. The Morgan fingerprint density at radius 3 is 2.63 bits per heavy atom. The number of aryl methyl sites for hydroxylation is 2. The highest BCUT2D eigenvalue weighted by Gasteiger charge is 2.08. The van der Waals surface area contributed by atoms with E-state index in [9.17, 15) is 0 Å². The number of H-pyrrole nitrogens is 1. The monoisotopic (exact) mass is 332 g/mol. The molecule has 0 aliphatic heterocycles. The van der Waals surface area contributed by atoms with Crippen molar-refractivity contribution >= 4 is 39.2 Å². The number of nitrogens with one attached hydrogen (secondary N) is 1. The zero-order valence-electron chi connectivity index (χ0n) is 10.7. The Hall–Kier alpha value is -1.39. The first-order valence-electron chi connectivity index (χ1n) is 6.04. The molecule has 0 bridgehead atoms. The number of aromatic nitrogens is 2. The molecule has 4 heteroatoms. The lowest BCUT2D eigenvalue weighted by atomic mass is 10.2. The Bertz CT molecular complexity index is 830. The van der Waals surface area contributed by atoms with E-state index in [-0.39, 0.29) is 0 Å². The van der Waals surface area contributed by atoms with Crippen LogP contribution in [0.15, 0.2) is 40.9 Å². The number of halogens is 1. The van der Waals surface area contributed by atoms with Gasteiger partial charge in [0.1, 0.15) is 0 Å². The van der Waals surface area contributed by atoms with E-state index in [1.165, 1.54) is 11.1 Å². The van der Waals surface area contributed by atoms with Crippen molar-refractivity contribution in [2.45, 2.75) is 13.8 Å². The molecule has 2 nitrogen and oxygen atoms in total. The van der Waals surface area contributed by atoms with Crippen molar-refractivity contribution in [1.29, 1.82) is 0 Å². The second-order valence-corrected chi connectivity index (χ2v) is 6.02. The number of hydrogen-bond acceptors (Lipinski definition) is 1. The van der Waals surface area contributed by atoms with Gasteiger partial charge in [0.25, 0.3) is 0 Å². The number of rotatable bonds is 1. The molecule has 19 heavy (non-hydrogen) atoms. The highest BCUT2D eigenvalue weighted by molar-refractivity contribution is 9.10. The topological polar surface area (TPSA) is 20.7 Å². The van der Waals surface area contributed by atoms with E-state index in [0.29, 0.717) is 0 Å². The average Bonchev–Trinajstić information content (AvgIpc) is 2.65. The lowest BCUT2D eigenvalue weighted by Crippen LogP contribution is -1.96. The SMILES string of the molecule is Cc1ccc2c(c1)[nH]c(=S)n2-c1ccc(Br)cc1C. The Kier molecular flexibility index (Phi) is 3.07. The first-order valence-corrected chi connectivity index (χ1v) is 7.24. The summed E-state index contributed by atoms with van der Waals surface area (Å²) in [6, 6.07) is 12.6. The van der Waals surface area contributed by atoms with Crippen LogP contribution in [0.3, 0.4) is 0 Å². The van der Waals surface area contributed by atoms with Crippen LogP contribution in [-0.2, 0) is 0 Å². The molecular formula is C15H13BrN2S. The lowest BCUT2D eigenvalue weighted by Gasteiger charge is -2.09. The average molecular weight is 333 g/mol. The summed E-state index contributed by atoms with van der Waals surface area (Å²) in [5, 5.41) is 0. The molecule has 96 valence electrons. The van der Waals surface area contributed by atoms with Crippen molar-refractivity contribution in [2.24, 2.45) is 0 Å². The zero-order valence-corrected chi connectivity index (χ0v) is 13.1. The van der Waals surface area contributed by atoms with Gasteiger partial charge in [-0.05, 0) is 67.5 Å². The molecule has 0 saturated heterocycles. The minimum Gasteiger partial charge on any atom is -0.330 e. The van der Waals surface area contributed by atoms with Crippen molar-refractivity contribution in [2.75, 3.05) is 0 Å². The van der Waals surface area contributed by atoms with Crippen molar-refractivity contribution in [3.05, 3.63) is 56.8 Å². The number of hydrogen-bond donors (Lipinski definition) is 1. The molecule has 0 fully saturated rings. The standard InChI is InChI=1S/C15H13BrN2S/c1-9-3-5-14-12(7-9)17-15(19)18(14)13-6-4-11(16)8-10(13)2/h3-8H,1-2H3,(H,17,19). The summed E-state index contributed by atoms with van der Waals surface area (Å²) in [6.07, 6.45) is 0. The summed E-state index contributed by atoms with van der Waals surface area (Å²) in [6.45, 7) is 4.17. The third kappa shape index (κ3) is 2.15. The number of imidazole rings is 1. The van der Waals surface area contributed by atoms with Gasteiger partial charge in [0.05, 0.1) is 16.7 Å². The van der Waals surface area contributed by atoms with Crippen LogP contribution in [0.25, 0.3) is 16.7 Å². The molecule has 2 aromatic carbocycles. The molecule has 3 rings (SSSR count).